The summed E-state index contributed by atoms with van der Waals surface area (Å²) in [7, 11) is 0. The summed E-state index contributed by atoms with van der Waals surface area (Å²) in [6, 6.07) is 15.1. The normalized spacial score (nSPS) is 21.7. The SMILES string of the molecule is O=C(N[C@@H](C(=O)O)C1CCC(O)CC1)OCC1c2ccccc2-c2ccccc21. The Hall–Kier alpha value is -2.86. The van der Waals surface area contributed by atoms with Gasteiger partial charge in [0.1, 0.15) is 12.6 Å². The van der Waals surface area contributed by atoms with Crippen molar-refractivity contribution in [2.75, 3.05) is 6.61 Å². The van der Waals surface area contributed by atoms with E-state index in [1.807, 2.05) is 36.4 Å². The summed E-state index contributed by atoms with van der Waals surface area (Å²) < 4.78 is 5.47. The highest BCUT2D eigenvalue weighted by Crippen LogP contribution is 2.44. The molecular formula is C23H25NO5. The second-order valence-electron chi connectivity index (χ2n) is 7.85. The predicted octanol–water partition coefficient (Wildman–Crippen LogP) is 3.53. The topological polar surface area (TPSA) is 95.9 Å². The summed E-state index contributed by atoms with van der Waals surface area (Å²) in [4.78, 5) is 24.1. The maximum atomic E-state index is 12.4. The Morgan fingerprint density at radius 1 is 0.966 bits per heavy atom. The Morgan fingerprint density at radius 3 is 2.07 bits per heavy atom. The van der Waals surface area contributed by atoms with Gasteiger partial charge in [-0.3, -0.25) is 0 Å². The van der Waals surface area contributed by atoms with Gasteiger partial charge in [-0.2, -0.15) is 0 Å². The number of carbonyl (C=O) groups excluding carboxylic acids is 1. The molecule has 29 heavy (non-hydrogen) atoms. The number of fused-ring (bicyclic) bond motifs is 3. The fourth-order valence-corrected chi connectivity index (χ4v) is 4.58. The molecule has 4 rings (SSSR count). The Kier molecular flexibility index (Phi) is 5.53. The summed E-state index contributed by atoms with van der Waals surface area (Å²) >= 11 is 0. The van der Waals surface area contributed by atoms with Crippen LogP contribution in [0.1, 0.15) is 42.7 Å². The number of benzene rings is 2. The number of hydrogen-bond acceptors (Lipinski definition) is 4. The van der Waals surface area contributed by atoms with Crippen LogP contribution >= 0.6 is 0 Å². The Labute approximate surface area is 169 Å². The highest BCUT2D eigenvalue weighted by molar-refractivity contribution is 5.81. The zero-order valence-electron chi connectivity index (χ0n) is 16.1. The van der Waals surface area contributed by atoms with E-state index < -0.39 is 18.1 Å². The first-order valence-corrected chi connectivity index (χ1v) is 10.1. The number of hydrogen-bond donors (Lipinski definition) is 3. The van der Waals surface area contributed by atoms with Gasteiger partial charge in [0.25, 0.3) is 0 Å². The molecule has 0 aliphatic heterocycles. The van der Waals surface area contributed by atoms with Crippen molar-refractivity contribution in [1.29, 1.82) is 0 Å². The molecule has 0 unspecified atom stereocenters. The third-order valence-corrected chi connectivity index (χ3v) is 6.10. The second-order valence-corrected chi connectivity index (χ2v) is 7.85. The van der Waals surface area contributed by atoms with E-state index in [2.05, 4.69) is 17.4 Å². The quantitative estimate of drug-likeness (QED) is 0.720. The summed E-state index contributed by atoms with van der Waals surface area (Å²) in [5.41, 5.74) is 4.50. The first-order chi connectivity index (χ1) is 14.0. The third-order valence-electron chi connectivity index (χ3n) is 6.10. The molecule has 2 aromatic rings. The summed E-state index contributed by atoms with van der Waals surface area (Å²) in [6.45, 7) is 0.148. The molecule has 0 saturated heterocycles. The Bertz CT molecular complexity index is 858. The minimum atomic E-state index is -1.07. The Morgan fingerprint density at radius 2 is 1.52 bits per heavy atom. The van der Waals surface area contributed by atoms with E-state index in [0.29, 0.717) is 25.7 Å². The zero-order chi connectivity index (χ0) is 20.4. The molecule has 0 heterocycles. The van der Waals surface area contributed by atoms with E-state index in [0.717, 1.165) is 22.3 Å². The average molecular weight is 395 g/mol. The van der Waals surface area contributed by atoms with Gasteiger partial charge in [0, 0.05) is 5.92 Å². The second kappa shape index (κ2) is 8.25. The minimum Gasteiger partial charge on any atom is -0.480 e. The lowest BCUT2D eigenvalue weighted by Gasteiger charge is -2.30. The number of carboxylic acids is 1. The number of amides is 1. The number of ether oxygens (including phenoxy) is 1. The van der Waals surface area contributed by atoms with E-state index >= 15 is 0 Å². The van der Waals surface area contributed by atoms with Crippen LogP contribution in [-0.4, -0.2) is 41.0 Å². The molecule has 0 radical (unpaired) electrons. The fourth-order valence-electron chi connectivity index (χ4n) is 4.58. The summed E-state index contributed by atoms with van der Waals surface area (Å²) in [5.74, 6) is -1.34. The van der Waals surface area contributed by atoms with Gasteiger partial charge in [-0.05, 0) is 53.9 Å². The van der Waals surface area contributed by atoms with Crippen molar-refractivity contribution in [2.45, 2.75) is 43.7 Å². The molecule has 3 N–H and O–H groups in total. The molecule has 2 aromatic carbocycles. The van der Waals surface area contributed by atoms with Gasteiger partial charge in [-0.25, -0.2) is 9.59 Å². The highest BCUT2D eigenvalue weighted by Gasteiger charge is 2.34. The first kappa shape index (κ1) is 19.5. The van der Waals surface area contributed by atoms with Gasteiger partial charge < -0.3 is 20.3 Å². The third kappa shape index (κ3) is 3.98. The predicted molar refractivity (Wildman–Crippen MR) is 108 cm³/mol. The van der Waals surface area contributed by atoms with Crippen molar-refractivity contribution in [2.24, 2.45) is 5.92 Å². The molecule has 1 saturated carbocycles. The van der Waals surface area contributed by atoms with Crippen LogP contribution in [0.5, 0.6) is 0 Å². The maximum absolute atomic E-state index is 12.4. The lowest BCUT2D eigenvalue weighted by Crippen LogP contribution is -2.47. The van der Waals surface area contributed by atoms with Gasteiger partial charge in [-0.1, -0.05) is 48.5 Å². The molecular weight excluding hydrogens is 370 g/mol. The molecule has 0 aromatic heterocycles. The molecule has 0 bridgehead atoms. The fraction of sp³-hybridized carbons (Fsp3) is 0.391. The summed E-state index contributed by atoms with van der Waals surface area (Å²) in [5, 5.41) is 21.7. The van der Waals surface area contributed by atoms with E-state index in [9.17, 15) is 19.8 Å². The number of carbonyl (C=O) groups is 2. The Balaban J connectivity index is 1.42. The standard InChI is InChI=1S/C23H25NO5/c25-15-11-9-14(10-12-15)21(22(26)27)24-23(28)29-13-20-18-7-3-1-5-16(18)17-6-2-4-8-19(17)20/h1-8,14-15,20-21,25H,9-13H2,(H,24,28)(H,26,27)/t14?,15?,21-/m1/s1. The first-order valence-electron chi connectivity index (χ1n) is 10.1. The van der Waals surface area contributed by atoms with Crippen LogP contribution in [0.15, 0.2) is 48.5 Å². The molecule has 2 aliphatic rings. The van der Waals surface area contributed by atoms with Crippen LogP contribution in [-0.2, 0) is 9.53 Å². The number of rotatable bonds is 5. The van der Waals surface area contributed by atoms with Crippen molar-refractivity contribution in [1.82, 2.24) is 5.32 Å². The number of aliphatic hydroxyl groups is 1. The number of aliphatic carboxylic acids is 1. The van der Waals surface area contributed by atoms with E-state index in [1.54, 1.807) is 0 Å². The number of carboxylic acid groups (broad SMARTS) is 1. The molecule has 1 amide bonds. The van der Waals surface area contributed by atoms with Crippen LogP contribution in [0.3, 0.4) is 0 Å². The molecule has 1 atom stereocenters. The van der Waals surface area contributed by atoms with Gasteiger partial charge in [0.05, 0.1) is 6.10 Å². The van der Waals surface area contributed by atoms with Crippen molar-refractivity contribution < 1.29 is 24.5 Å². The number of alkyl carbamates (subject to hydrolysis) is 1. The van der Waals surface area contributed by atoms with Crippen LogP contribution in [0.25, 0.3) is 11.1 Å². The van der Waals surface area contributed by atoms with Crippen LogP contribution in [0.4, 0.5) is 4.79 Å². The van der Waals surface area contributed by atoms with Crippen LogP contribution < -0.4 is 5.32 Å². The highest BCUT2D eigenvalue weighted by atomic mass is 16.5. The van der Waals surface area contributed by atoms with Crippen LogP contribution in [0.2, 0.25) is 0 Å². The van der Waals surface area contributed by atoms with Crippen molar-refractivity contribution >= 4 is 12.1 Å². The molecule has 6 heteroatoms. The smallest absolute Gasteiger partial charge is 0.407 e. The lowest BCUT2D eigenvalue weighted by molar-refractivity contribution is -0.141. The van der Waals surface area contributed by atoms with E-state index in [-0.39, 0.29) is 24.5 Å². The minimum absolute atomic E-state index is 0.0683. The number of nitrogens with one attached hydrogen (secondary N) is 1. The largest absolute Gasteiger partial charge is 0.480 e. The van der Waals surface area contributed by atoms with E-state index in [1.165, 1.54) is 0 Å². The van der Waals surface area contributed by atoms with Gasteiger partial charge in [-0.15, -0.1) is 0 Å². The molecule has 152 valence electrons. The molecule has 1 fully saturated rings. The van der Waals surface area contributed by atoms with E-state index in [4.69, 9.17) is 4.74 Å². The van der Waals surface area contributed by atoms with Gasteiger partial charge in [0.2, 0.25) is 0 Å². The molecule has 2 aliphatic carbocycles. The monoisotopic (exact) mass is 395 g/mol. The van der Waals surface area contributed by atoms with Crippen LogP contribution in [0, 0.1) is 5.92 Å². The van der Waals surface area contributed by atoms with Crippen molar-refractivity contribution in [3.05, 3.63) is 59.7 Å². The zero-order valence-corrected chi connectivity index (χ0v) is 16.1. The average Bonchev–Trinajstić information content (AvgIpc) is 3.05. The molecule has 6 nitrogen and oxygen atoms in total. The van der Waals surface area contributed by atoms with Crippen molar-refractivity contribution in [3.63, 3.8) is 0 Å². The lowest BCUT2D eigenvalue weighted by atomic mass is 9.82. The van der Waals surface area contributed by atoms with Gasteiger partial charge in [0.15, 0.2) is 0 Å². The molecule has 0 spiro atoms. The summed E-state index contributed by atoms with van der Waals surface area (Å²) in [6.07, 6.45) is 1.16. The number of aliphatic hydroxyl groups excluding tert-OH is 1. The van der Waals surface area contributed by atoms with Crippen molar-refractivity contribution in [3.8, 4) is 11.1 Å². The van der Waals surface area contributed by atoms with Gasteiger partial charge >= 0.3 is 12.1 Å². The maximum Gasteiger partial charge on any atom is 0.407 e.